The lowest BCUT2D eigenvalue weighted by atomic mass is 10.2. The Morgan fingerprint density at radius 3 is 2.14 bits per heavy atom. The van der Waals surface area contributed by atoms with Gasteiger partial charge >= 0.3 is 0 Å². The summed E-state index contributed by atoms with van der Waals surface area (Å²) in [5.41, 5.74) is 4.97. The standard InChI is InChI=1S/C27H24ClN5O7S2/c1-40-24-13-8-19(16-25(24)42(38,39)30-17-22-6-2-3-14-29-22)27(35)32-31-26(34)18-5-4-7-23(15-18)41(36,37)33-21-11-9-20(28)10-12-21/h2-16,30,33H,17H2,1H3,(H,31,34)(H,32,35). The number of ether oxygens (including phenoxy) is 1. The summed E-state index contributed by atoms with van der Waals surface area (Å²) in [6.07, 6.45) is 1.52. The summed E-state index contributed by atoms with van der Waals surface area (Å²) in [7, 11) is -6.89. The lowest BCUT2D eigenvalue weighted by Gasteiger charge is -2.13. The van der Waals surface area contributed by atoms with E-state index in [1.165, 1.54) is 67.9 Å². The highest BCUT2D eigenvalue weighted by Crippen LogP contribution is 2.25. The molecule has 0 saturated heterocycles. The number of halogens is 1. The number of methoxy groups -OCH3 is 1. The van der Waals surface area contributed by atoms with Gasteiger partial charge < -0.3 is 4.74 Å². The molecule has 4 rings (SSSR count). The van der Waals surface area contributed by atoms with Crippen molar-refractivity contribution in [2.75, 3.05) is 11.8 Å². The number of amides is 2. The first-order valence-electron chi connectivity index (χ1n) is 12.1. The molecule has 0 atom stereocenters. The Morgan fingerprint density at radius 1 is 0.810 bits per heavy atom. The quantitative estimate of drug-likeness (QED) is 0.194. The number of carbonyl (C=O) groups excluding carboxylic acids is 2. The van der Waals surface area contributed by atoms with Gasteiger partial charge in [0.2, 0.25) is 10.0 Å². The first kappa shape index (κ1) is 30.5. The highest BCUT2D eigenvalue weighted by Gasteiger charge is 2.22. The number of anilines is 1. The molecule has 0 fully saturated rings. The molecule has 0 unspecified atom stereocenters. The normalized spacial score (nSPS) is 11.4. The van der Waals surface area contributed by atoms with Gasteiger partial charge in [0.15, 0.2) is 0 Å². The number of nitrogens with zero attached hydrogens (tertiary/aromatic N) is 1. The van der Waals surface area contributed by atoms with Gasteiger partial charge in [0.1, 0.15) is 10.6 Å². The van der Waals surface area contributed by atoms with Crippen molar-refractivity contribution >= 4 is 49.1 Å². The summed E-state index contributed by atoms with van der Waals surface area (Å²) < 4.78 is 61.5. The molecule has 0 spiro atoms. The van der Waals surface area contributed by atoms with Crippen LogP contribution in [0.1, 0.15) is 26.4 Å². The molecule has 1 aromatic heterocycles. The van der Waals surface area contributed by atoms with Crippen molar-refractivity contribution in [3.63, 3.8) is 0 Å². The Balaban J connectivity index is 1.44. The largest absolute Gasteiger partial charge is 0.495 e. The number of pyridine rings is 1. The van der Waals surface area contributed by atoms with E-state index < -0.39 is 31.9 Å². The maximum atomic E-state index is 13.0. The van der Waals surface area contributed by atoms with E-state index in [9.17, 15) is 26.4 Å². The second-order valence-corrected chi connectivity index (χ2v) is 12.4. The summed E-state index contributed by atoms with van der Waals surface area (Å²) in [5, 5.41) is 0.434. The van der Waals surface area contributed by atoms with Gasteiger partial charge in [0.25, 0.3) is 21.8 Å². The van der Waals surface area contributed by atoms with E-state index in [-0.39, 0.29) is 38.9 Å². The molecule has 4 N–H and O–H groups in total. The Kier molecular flexibility index (Phi) is 9.42. The van der Waals surface area contributed by atoms with Crippen LogP contribution >= 0.6 is 11.6 Å². The SMILES string of the molecule is COc1ccc(C(=O)NNC(=O)c2cccc(S(=O)(=O)Nc3ccc(Cl)cc3)c2)cc1S(=O)(=O)NCc1ccccn1. The van der Waals surface area contributed by atoms with Gasteiger partial charge in [-0.15, -0.1) is 0 Å². The third kappa shape index (κ3) is 7.61. The Morgan fingerprint density at radius 2 is 1.50 bits per heavy atom. The maximum Gasteiger partial charge on any atom is 0.269 e. The van der Waals surface area contributed by atoms with Crippen molar-refractivity contribution in [2.24, 2.45) is 0 Å². The minimum atomic E-state index is -4.13. The number of carbonyl (C=O) groups is 2. The molecule has 0 aliphatic heterocycles. The molecule has 0 aliphatic carbocycles. The maximum absolute atomic E-state index is 13.0. The molecular weight excluding hydrogens is 606 g/mol. The van der Waals surface area contributed by atoms with E-state index in [0.29, 0.717) is 10.7 Å². The smallest absolute Gasteiger partial charge is 0.269 e. The van der Waals surface area contributed by atoms with Crippen LogP contribution in [0.3, 0.4) is 0 Å². The van der Waals surface area contributed by atoms with E-state index in [1.54, 1.807) is 18.2 Å². The zero-order valence-electron chi connectivity index (χ0n) is 21.9. The molecule has 42 heavy (non-hydrogen) atoms. The second-order valence-electron chi connectivity index (χ2n) is 8.56. The van der Waals surface area contributed by atoms with E-state index in [2.05, 4.69) is 25.3 Å². The van der Waals surface area contributed by atoms with Gasteiger partial charge in [-0.2, -0.15) is 0 Å². The van der Waals surface area contributed by atoms with Crippen LogP contribution in [0.5, 0.6) is 5.75 Å². The number of hydrogen-bond acceptors (Lipinski definition) is 8. The number of aromatic nitrogens is 1. The molecule has 4 aromatic rings. The number of sulfonamides is 2. The Hall–Kier alpha value is -4.50. The predicted molar refractivity (Wildman–Crippen MR) is 155 cm³/mol. The van der Waals surface area contributed by atoms with Gasteiger partial charge in [-0.25, -0.2) is 21.6 Å². The molecular formula is C27H24ClN5O7S2. The molecule has 0 bridgehead atoms. The molecule has 218 valence electrons. The zero-order valence-corrected chi connectivity index (χ0v) is 24.3. The fraction of sp³-hybridized carbons (Fsp3) is 0.0741. The van der Waals surface area contributed by atoms with Crippen LogP contribution in [-0.4, -0.2) is 40.7 Å². The summed E-state index contributed by atoms with van der Waals surface area (Å²) >= 11 is 5.83. The fourth-order valence-electron chi connectivity index (χ4n) is 3.57. The third-order valence-electron chi connectivity index (χ3n) is 5.68. The third-order valence-corrected chi connectivity index (χ3v) is 8.73. The van der Waals surface area contributed by atoms with Gasteiger partial charge in [0.05, 0.1) is 24.2 Å². The zero-order chi connectivity index (χ0) is 30.3. The molecule has 2 amide bonds. The number of nitrogens with one attached hydrogen (secondary N) is 4. The monoisotopic (exact) mass is 629 g/mol. The average molecular weight is 630 g/mol. The van der Waals surface area contributed by atoms with Crippen LogP contribution < -0.4 is 25.0 Å². The van der Waals surface area contributed by atoms with Crippen LogP contribution in [0.15, 0.2) is 101 Å². The second kappa shape index (κ2) is 13.0. The fourth-order valence-corrected chi connectivity index (χ4v) is 5.99. The summed E-state index contributed by atoms with van der Waals surface area (Å²) in [5.74, 6) is -1.65. The highest BCUT2D eigenvalue weighted by atomic mass is 35.5. The van der Waals surface area contributed by atoms with E-state index in [4.69, 9.17) is 16.3 Å². The summed E-state index contributed by atoms with van der Waals surface area (Å²) in [4.78, 5) is 29.1. The summed E-state index contributed by atoms with van der Waals surface area (Å²) in [6.45, 7) is -0.0944. The number of hydrogen-bond donors (Lipinski definition) is 4. The van der Waals surface area contributed by atoms with Crippen molar-refractivity contribution in [3.8, 4) is 5.75 Å². The van der Waals surface area contributed by atoms with Crippen LogP contribution in [0.2, 0.25) is 5.02 Å². The van der Waals surface area contributed by atoms with Crippen LogP contribution in [0.4, 0.5) is 5.69 Å². The highest BCUT2D eigenvalue weighted by molar-refractivity contribution is 7.92. The van der Waals surface area contributed by atoms with Crippen molar-refractivity contribution in [1.29, 1.82) is 0 Å². The van der Waals surface area contributed by atoms with Crippen molar-refractivity contribution in [2.45, 2.75) is 16.3 Å². The minimum absolute atomic E-state index is 0.00524. The van der Waals surface area contributed by atoms with Crippen molar-refractivity contribution in [3.05, 3.63) is 113 Å². The molecule has 3 aromatic carbocycles. The van der Waals surface area contributed by atoms with Crippen LogP contribution in [0, 0.1) is 0 Å². The van der Waals surface area contributed by atoms with Crippen molar-refractivity contribution < 1.29 is 31.2 Å². The Labute approximate surface area is 247 Å². The predicted octanol–water partition coefficient (Wildman–Crippen LogP) is 3.10. The topological polar surface area (TPSA) is 173 Å². The van der Waals surface area contributed by atoms with Gasteiger partial charge in [-0.3, -0.25) is 30.1 Å². The van der Waals surface area contributed by atoms with Crippen molar-refractivity contribution in [1.82, 2.24) is 20.6 Å². The van der Waals surface area contributed by atoms with E-state index in [1.807, 2.05) is 0 Å². The first-order valence-corrected chi connectivity index (χ1v) is 15.4. The van der Waals surface area contributed by atoms with E-state index in [0.717, 1.165) is 12.1 Å². The van der Waals surface area contributed by atoms with Crippen LogP contribution in [0.25, 0.3) is 0 Å². The molecule has 0 saturated carbocycles. The number of benzene rings is 3. The lowest BCUT2D eigenvalue weighted by Crippen LogP contribution is -2.41. The molecule has 15 heteroatoms. The molecule has 12 nitrogen and oxygen atoms in total. The minimum Gasteiger partial charge on any atom is -0.495 e. The van der Waals surface area contributed by atoms with E-state index >= 15 is 0 Å². The first-order chi connectivity index (χ1) is 20.0. The van der Waals surface area contributed by atoms with Gasteiger partial charge in [-0.1, -0.05) is 23.7 Å². The van der Waals surface area contributed by atoms with Crippen LogP contribution in [-0.2, 0) is 26.6 Å². The summed E-state index contributed by atoms with van der Waals surface area (Å²) in [6, 6.07) is 19.9. The average Bonchev–Trinajstić information content (AvgIpc) is 3.00. The van der Waals surface area contributed by atoms with Gasteiger partial charge in [-0.05, 0) is 72.8 Å². The number of rotatable bonds is 10. The molecule has 1 heterocycles. The Bertz CT molecular complexity index is 1820. The number of hydrazine groups is 1. The van der Waals surface area contributed by atoms with Gasteiger partial charge in [0, 0.05) is 28.0 Å². The molecule has 0 aliphatic rings. The lowest BCUT2D eigenvalue weighted by molar-refractivity contribution is 0.0846. The molecule has 0 radical (unpaired) electrons.